The summed E-state index contributed by atoms with van der Waals surface area (Å²) in [6.07, 6.45) is 0.580. The standard InChI is InChI=1S/C13H14N4O3S/c1-10-16-13(20-17-10)7-9-15-21(18,19)12-4-2-11(3-5-12)6-8-14/h2-5,15H,6-7,9H2,1H3. The zero-order valence-corrected chi connectivity index (χ0v) is 12.2. The molecule has 0 atom stereocenters. The first-order valence-corrected chi connectivity index (χ1v) is 7.74. The molecule has 0 aliphatic heterocycles. The lowest BCUT2D eigenvalue weighted by molar-refractivity contribution is 0.375. The van der Waals surface area contributed by atoms with E-state index in [1.54, 1.807) is 19.1 Å². The first-order valence-electron chi connectivity index (χ1n) is 6.26. The second-order valence-electron chi connectivity index (χ2n) is 4.36. The van der Waals surface area contributed by atoms with Gasteiger partial charge in [0.2, 0.25) is 15.9 Å². The maximum Gasteiger partial charge on any atom is 0.240 e. The summed E-state index contributed by atoms with van der Waals surface area (Å²) in [5.41, 5.74) is 0.776. The minimum Gasteiger partial charge on any atom is -0.339 e. The molecule has 0 unspecified atom stereocenters. The number of aromatic nitrogens is 2. The minimum atomic E-state index is -3.58. The molecule has 0 aliphatic rings. The zero-order chi connectivity index (χ0) is 15.3. The molecular weight excluding hydrogens is 292 g/mol. The SMILES string of the molecule is Cc1noc(CCNS(=O)(=O)c2ccc(CC#N)cc2)n1. The van der Waals surface area contributed by atoms with E-state index in [-0.39, 0.29) is 17.9 Å². The Labute approximate surface area is 122 Å². The molecule has 0 saturated carbocycles. The third kappa shape index (κ3) is 4.11. The molecule has 110 valence electrons. The summed E-state index contributed by atoms with van der Waals surface area (Å²) in [5.74, 6) is 0.903. The van der Waals surface area contributed by atoms with Gasteiger partial charge < -0.3 is 4.52 Å². The number of benzene rings is 1. The van der Waals surface area contributed by atoms with Crippen molar-refractivity contribution in [2.75, 3.05) is 6.54 Å². The number of nitrogens with one attached hydrogen (secondary N) is 1. The number of rotatable bonds is 6. The lowest BCUT2D eigenvalue weighted by Gasteiger charge is -2.06. The fourth-order valence-electron chi connectivity index (χ4n) is 1.69. The van der Waals surface area contributed by atoms with Crippen LogP contribution < -0.4 is 4.72 Å². The number of sulfonamides is 1. The van der Waals surface area contributed by atoms with Gasteiger partial charge in [-0.05, 0) is 24.6 Å². The smallest absolute Gasteiger partial charge is 0.240 e. The first kappa shape index (κ1) is 15.2. The van der Waals surface area contributed by atoms with E-state index in [4.69, 9.17) is 9.78 Å². The van der Waals surface area contributed by atoms with Crippen LogP contribution in [-0.4, -0.2) is 25.1 Å². The average Bonchev–Trinajstić information content (AvgIpc) is 2.85. The Morgan fingerprint density at radius 3 is 2.62 bits per heavy atom. The molecule has 7 nitrogen and oxygen atoms in total. The molecule has 1 aromatic heterocycles. The predicted molar refractivity (Wildman–Crippen MR) is 73.7 cm³/mol. The predicted octanol–water partition coefficient (Wildman–Crippen LogP) is 0.965. The monoisotopic (exact) mass is 306 g/mol. The van der Waals surface area contributed by atoms with Crippen LogP contribution in [0.5, 0.6) is 0 Å². The molecule has 8 heteroatoms. The van der Waals surface area contributed by atoms with Crippen molar-refractivity contribution >= 4 is 10.0 Å². The van der Waals surface area contributed by atoms with Gasteiger partial charge in [-0.15, -0.1) is 0 Å². The summed E-state index contributed by atoms with van der Waals surface area (Å²) < 4.78 is 31.5. The van der Waals surface area contributed by atoms with Gasteiger partial charge in [-0.2, -0.15) is 10.2 Å². The van der Waals surface area contributed by atoms with E-state index in [0.29, 0.717) is 18.1 Å². The fraction of sp³-hybridized carbons (Fsp3) is 0.308. The van der Waals surface area contributed by atoms with E-state index in [2.05, 4.69) is 14.9 Å². The van der Waals surface area contributed by atoms with Crippen molar-refractivity contribution in [2.24, 2.45) is 0 Å². The quantitative estimate of drug-likeness (QED) is 0.851. The summed E-state index contributed by atoms with van der Waals surface area (Å²) in [6, 6.07) is 8.21. The van der Waals surface area contributed by atoms with Gasteiger partial charge in [-0.3, -0.25) is 0 Å². The van der Waals surface area contributed by atoms with E-state index in [1.165, 1.54) is 12.1 Å². The molecule has 2 aromatic rings. The maximum absolute atomic E-state index is 12.1. The second kappa shape index (κ2) is 6.47. The van der Waals surface area contributed by atoms with Gasteiger partial charge in [-0.25, -0.2) is 13.1 Å². The molecule has 0 spiro atoms. The Morgan fingerprint density at radius 1 is 1.33 bits per heavy atom. The van der Waals surface area contributed by atoms with Gasteiger partial charge in [-0.1, -0.05) is 17.3 Å². The van der Waals surface area contributed by atoms with Gasteiger partial charge in [0.1, 0.15) is 0 Å². The van der Waals surface area contributed by atoms with Crippen molar-refractivity contribution in [3.05, 3.63) is 41.5 Å². The Kier molecular flexibility index (Phi) is 4.67. The molecule has 1 N–H and O–H groups in total. The van der Waals surface area contributed by atoms with Crippen molar-refractivity contribution in [3.8, 4) is 6.07 Å². The van der Waals surface area contributed by atoms with Crippen molar-refractivity contribution in [1.82, 2.24) is 14.9 Å². The lowest BCUT2D eigenvalue weighted by Crippen LogP contribution is -2.26. The average molecular weight is 306 g/mol. The van der Waals surface area contributed by atoms with Gasteiger partial charge in [0.05, 0.1) is 17.4 Å². The number of hydrogen-bond acceptors (Lipinski definition) is 6. The maximum atomic E-state index is 12.1. The van der Waals surface area contributed by atoms with E-state index >= 15 is 0 Å². The number of nitriles is 1. The van der Waals surface area contributed by atoms with E-state index in [0.717, 1.165) is 5.56 Å². The molecular formula is C13H14N4O3S. The van der Waals surface area contributed by atoms with E-state index < -0.39 is 10.0 Å². The molecule has 0 aliphatic carbocycles. The normalized spacial score (nSPS) is 11.2. The van der Waals surface area contributed by atoms with Crippen molar-refractivity contribution in [3.63, 3.8) is 0 Å². The third-order valence-electron chi connectivity index (χ3n) is 2.72. The van der Waals surface area contributed by atoms with Gasteiger partial charge in [0, 0.05) is 13.0 Å². The highest BCUT2D eigenvalue weighted by molar-refractivity contribution is 7.89. The van der Waals surface area contributed by atoms with Gasteiger partial charge in [0.25, 0.3) is 0 Å². The van der Waals surface area contributed by atoms with Crippen LogP contribution in [0, 0.1) is 18.3 Å². The summed E-state index contributed by atoms with van der Waals surface area (Å²) in [5, 5.41) is 12.2. The van der Waals surface area contributed by atoms with Crippen LogP contribution in [0.2, 0.25) is 0 Å². The number of aryl methyl sites for hydroxylation is 1. The van der Waals surface area contributed by atoms with Crippen LogP contribution in [0.3, 0.4) is 0 Å². The van der Waals surface area contributed by atoms with Crippen LogP contribution in [0.1, 0.15) is 17.3 Å². The summed E-state index contributed by atoms with van der Waals surface area (Å²) in [7, 11) is -3.58. The topological polar surface area (TPSA) is 109 Å². The molecule has 0 fully saturated rings. The largest absolute Gasteiger partial charge is 0.339 e. The Hall–Kier alpha value is -2.24. The van der Waals surface area contributed by atoms with E-state index in [1.807, 2.05) is 6.07 Å². The highest BCUT2D eigenvalue weighted by Crippen LogP contribution is 2.11. The molecule has 1 heterocycles. The van der Waals surface area contributed by atoms with Crippen LogP contribution in [0.15, 0.2) is 33.7 Å². The lowest BCUT2D eigenvalue weighted by atomic mass is 10.2. The molecule has 1 aromatic carbocycles. The Morgan fingerprint density at radius 2 is 2.05 bits per heavy atom. The third-order valence-corrected chi connectivity index (χ3v) is 4.19. The summed E-state index contributed by atoms with van der Waals surface area (Å²) in [4.78, 5) is 4.15. The zero-order valence-electron chi connectivity index (χ0n) is 11.4. The van der Waals surface area contributed by atoms with Gasteiger partial charge in [0.15, 0.2) is 5.82 Å². The van der Waals surface area contributed by atoms with Crippen LogP contribution in [-0.2, 0) is 22.9 Å². The molecule has 21 heavy (non-hydrogen) atoms. The molecule has 0 saturated heterocycles. The first-order chi connectivity index (χ1) is 10.0. The highest BCUT2D eigenvalue weighted by Gasteiger charge is 2.14. The number of hydrogen-bond donors (Lipinski definition) is 1. The fourth-order valence-corrected chi connectivity index (χ4v) is 2.73. The highest BCUT2D eigenvalue weighted by atomic mass is 32.2. The van der Waals surface area contributed by atoms with Crippen LogP contribution in [0.4, 0.5) is 0 Å². The summed E-state index contributed by atoms with van der Waals surface area (Å²) >= 11 is 0. The summed E-state index contributed by atoms with van der Waals surface area (Å²) in [6.45, 7) is 1.86. The molecule has 2 rings (SSSR count). The van der Waals surface area contributed by atoms with Crippen LogP contribution >= 0.6 is 0 Å². The Bertz CT molecular complexity index is 744. The van der Waals surface area contributed by atoms with E-state index in [9.17, 15) is 8.42 Å². The molecule has 0 amide bonds. The molecule has 0 radical (unpaired) electrons. The van der Waals surface area contributed by atoms with Gasteiger partial charge >= 0.3 is 0 Å². The van der Waals surface area contributed by atoms with Crippen molar-refractivity contribution < 1.29 is 12.9 Å². The second-order valence-corrected chi connectivity index (χ2v) is 6.13. The molecule has 0 bridgehead atoms. The van der Waals surface area contributed by atoms with Crippen molar-refractivity contribution in [2.45, 2.75) is 24.7 Å². The van der Waals surface area contributed by atoms with Crippen molar-refractivity contribution in [1.29, 1.82) is 5.26 Å². The Balaban J connectivity index is 1.96. The van der Waals surface area contributed by atoms with Crippen LogP contribution in [0.25, 0.3) is 0 Å². The number of nitrogens with zero attached hydrogens (tertiary/aromatic N) is 3. The minimum absolute atomic E-state index is 0.158.